The van der Waals surface area contributed by atoms with E-state index in [4.69, 9.17) is 9.26 Å². The Morgan fingerprint density at radius 2 is 1.70 bits per heavy atom. The van der Waals surface area contributed by atoms with Gasteiger partial charge in [0.1, 0.15) is 0 Å². The molecule has 6 nitrogen and oxygen atoms in total. The Balaban J connectivity index is 1.15. The van der Waals surface area contributed by atoms with Gasteiger partial charge >= 0.3 is 0 Å². The molecule has 1 amide bonds. The molecule has 0 N–H and O–H groups in total. The van der Waals surface area contributed by atoms with E-state index in [2.05, 4.69) is 22.3 Å². The van der Waals surface area contributed by atoms with Gasteiger partial charge in [-0.05, 0) is 37.0 Å². The lowest BCUT2D eigenvalue weighted by atomic mass is 10.1. The predicted molar refractivity (Wildman–Crippen MR) is 114 cm³/mol. The zero-order valence-electron chi connectivity index (χ0n) is 17.1. The number of hydrogen-bond donors (Lipinski definition) is 0. The van der Waals surface area contributed by atoms with E-state index in [1.54, 1.807) is 0 Å². The second-order valence-electron chi connectivity index (χ2n) is 7.57. The van der Waals surface area contributed by atoms with E-state index in [-0.39, 0.29) is 12.0 Å². The first-order valence-corrected chi connectivity index (χ1v) is 10.6. The lowest BCUT2D eigenvalue weighted by molar-refractivity contribution is -0.133. The first kappa shape index (κ1) is 20.3. The van der Waals surface area contributed by atoms with Gasteiger partial charge in [-0.2, -0.15) is 4.98 Å². The number of nitrogens with zero attached hydrogens (tertiary/aromatic N) is 3. The van der Waals surface area contributed by atoms with E-state index in [9.17, 15) is 4.79 Å². The third-order valence-corrected chi connectivity index (χ3v) is 5.43. The van der Waals surface area contributed by atoms with Crippen molar-refractivity contribution in [3.8, 4) is 11.5 Å². The van der Waals surface area contributed by atoms with E-state index in [0.717, 1.165) is 37.9 Å². The zero-order valence-corrected chi connectivity index (χ0v) is 17.1. The molecule has 0 spiro atoms. The van der Waals surface area contributed by atoms with Crippen molar-refractivity contribution in [3.05, 3.63) is 72.1 Å². The zero-order chi connectivity index (χ0) is 20.6. The quantitative estimate of drug-likeness (QED) is 0.568. The number of benzene rings is 2. The Morgan fingerprint density at radius 3 is 2.43 bits per heavy atom. The summed E-state index contributed by atoms with van der Waals surface area (Å²) in [4.78, 5) is 18.9. The molecular formula is C24H27N3O3. The maximum absolute atomic E-state index is 12.5. The van der Waals surface area contributed by atoms with Crippen molar-refractivity contribution in [1.82, 2.24) is 15.0 Å². The number of likely N-dealkylation sites (tertiary alicyclic amines) is 1. The van der Waals surface area contributed by atoms with Crippen LogP contribution < -0.4 is 0 Å². The van der Waals surface area contributed by atoms with Crippen LogP contribution in [0.2, 0.25) is 0 Å². The topological polar surface area (TPSA) is 68.5 Å². The molecule has 1 saturated heterocycles. The van der Waals surface area contributed by atoms with Crippen molar-refractivity contribution in [2.24, 2.45) is 0 Å². The molecule has 2 heterocycles. The van der Waals surface area contributed by atoms with Crippen LogP contribution in [0.1, 0.15) is 30.7 Å². The maximum atomic E-state index is 12.5. The van der Waals surface area contributed by atoms with Gasteiger partial charge in [-0.3, -0.25) is 4.79 Å². The van der Waals surface area contributed by atoms with Gasteiger partial charge in [0.15, 0.2) is 5.82 Å². The van der Waals surface area contributed by atoms with Crippen LogP contribution in [0.15, 0.2) is 65.2 Å². The smallest absolute Gasteiger partial charge is 0.257 e. The number of hydrogen-bond acceptors (Lipinski definition) is 5. The maximum Gasteiger partial charge on any atom is 0.257 e. The molecule has 0 unspecified atom stereocenters. The van der Waals surface area contributed by atoms with Gasteiger partial charge in [-0.15, -0.1) is 0 Å². The summed E-state index contributed by atoms with van der Waals surface area (Å²) in [5, 5.41) is 4.04. The molecule has 1 aliphatic rings. The van der Waals surface area contributed by atoms with Gasteiger partial charge < -0.3 is 14.2 Å². The average Bonchev–Trinajstić information content (AvgIpc) is 3.28. The van der Waals surface area contributed by atoms with Gasteiger partial charge in [0.2, 0.25) is 5.91 Å². The molecule has 3 aromatic rings. The lowest BCUT2D eigenvalue weighted by Crippen LogP contribution is -2.41. The molecule has 156 valence electrons. The van der Waals surface area contributed by atoms with E-state index in [1.165, 1.54) is 5.56 Å². The van der Waals surface area contributed by atoms with Crippen molar-refractivity contribution >= 4 is 5.91 Å². The molecular weight excluding hydrogens is 378 g/mol. The van der Waals surface area contributed by atoms with Crippen molar-refractivity contribution in [3.63, 3.8) is 0 Å². The van der Waals surface area contributed by atoms with Crippen LogP contribution in [0.4, 0.5) is 0 Å². The third-order valence-electron chi connectivity index (χ3n) is 5.43. The fourth-order valence-corrected chi connectivity index (χ4v) is 3.70. The first-order chi connectivity index (χ1) is 14.8. The van der Waals surface area contributed by atoms with Crippen molar-refractivity contribution in [1.29, 1.82) is 0 Å². The van der Waals surface area contributed by atoms with Gasteiger partial charge in [0, 0.05) is 31.5 Å². The normalized spacial score (nSPS) is 14.7. The SMILES string of the molecule is O=C(CCc1ccccc1)N1CCC(OCCc2noc(-c3ccccc3)n2)CC1. The largest absolute Gasteiger partial charge is 0.378 e. The van der Waals surface area contributed by atoms with E-state index < -0.39 is 0 Å². The highest BCUT2D eigenvalue weighted by atomic mass is 16.5. The van der Waals surface area contributed by atoms with E-state index in [0.29, 0.717) is 31.2 Å². The average molecular weight is 405 g/mol. The summed E-state index contributed by atoms with van der Waals surface area (Å²) in [5.41, 5.74) is 2.13. The Hall–Kier alpha value is -2.99. The fourth-order valence-electron chi connectivity index (χ4n) is 3.70. The second-order valence-corrected chi connectivity index (χ2v) is 7.57. The summed E-state index contributed by atoms with van der Waals surface area (Å²) < 4.78 is 11.3. The van der Waals surface area contributed by atoms with Crippen LogP contribution in [0.3, 0.4) is 0 Å². The Morgan fingerprint density at radius 1 is 1.00 bits per heavy atom. The molecule has 1 fully saturated rings. The predicted octanol–water partition coefficient (Wildman–Crippen LogP) is 3.92. The van der Waals surface area contributed by atoms with Crippen molar-refractivity contribution < 1.29 is 14.1 Å². The van der Waals surface area contributed by atoms with E-state index in [1.807, 2.05) is 53.4 Å². The molecule has 0 saturated carbocycles. The van der Waals surface area contributed by atoms with Crippen LogP contribution in [0, 0.1) is 0 Å². The summed E-state index contributed by atoms with van der Waals surface area (Å²) in [6.45, 7) is 2.08. The lowest BCUT2D eigenvalue weighted by Gasteiger charge is -2.32. The summed E-state index contributed by atoms with van der Waals surface area (Å²) >= 11 is 0. The number of aryl methyl sites for hydroxylation is 1. The number of amides is 1. The van der Waals surface area contributed by atoms with Crippen LogP contribution in [-0.2, 0) is 22.4 Å². The molecule has 0 radical (unpaired) electrons. The van der Waals surface area contributed by atoms with Gasteiger partial charge in [-0.1, -0.05) is 53.7 Å². The van der Waals surface area contributed by atoms with Crippen molar-refractivity contribution in [2.45, 2.75) is 38.2 Å². The minimum Gasteiger partial charge on any atom is -0.378 e. The standard InChI is InChI=1S/C24H27N3O3/c28-23(12-11-19-7-3-1-4-8-19)27-16-13-21(14-17-27)29-18-15-22-25-24(30-26-22)20-9-5-2-6-10-20/h1-10,21H,11-18H2. The summed E-state index contributed by atoms with van der Waals surface area (Å²) in [7, 11) is 0. The molecule has 0 aliphatic carbocycles. The minimum absolute atomic E-state index is 0.184. The second kappa shape index (κ2) is 10.2. The highest BCUT2D eigenvalue weighted by Gasteiger charge is 2.23. The minimum atomic E-state index is 0.184. The highest BCUT2D eigenvalue weighted by molar-refractivity contribution is 5.76. The number of aromatic nitrogens is 2. The molecule has 0 atom stereocenters. The molecule has 1 aromatic heterocycles. The number of carbonyl (C=O) groups excluding carboxylic acids is 1. The van der Waals surface area contributed by atoms with Gasteiger partial charge in [0.25, 0.3) is 5.89 Å². The number of ether oxygens (including phenoxy) is 1. The van der Waals surface area contributed by atoms with Gasteiger partial charge in [-0.25, -0.2) is 0 Å². The van der Waals surface area contributed by atoms with Crippen LogP contribution in [0.25, 0.3) is 11.5 Å². The Bertz CT molecular complexity index is 919. The monoisotopic (exact) mass is 405 g/mol. The van der Waals surface area contributed by atoms with Crippen molar-refractivity contribution in [2.75, 3.05) is 19.7 Å². The first-order valence-electron chi connectivity index (χ1n) is 10.6. The Labute approximate surface area is 176 Å². The molecule has 2 aromatic carbocycles. The van der Waals surface area contributed by atoms with Crippen LogP contribution in [-0.4, -0.2) is 46.7 Å². The Kier molecular flexibility index (Phi) is 6.87. The fraction of sp³-hybridized carbons (Fsp3) is 0.375. The van der Waals surface area contributed by atoms with Gasteiger partial charge in [0.05, 0.1) is 12.7 Å². The molecule has 6 heteroatoms. The summed E-state index contributed by atoms with van der Waals surface area (Å²) in [6.07, 6.45) is 3.91. The van der Waals surface area contributed by atoms with E-state index >= 15 is 0 Å². The number of rotatable bonds is 8. The van der Waals surface area contributed by atoms with Crippen LogP contribution in [0.5, 0.6) is 0 Å². The number of piperidine rings is 1. The molecule has 4 rings (SSSR count). The molecule has 0 bridgehead atoms. The summed E-state index contributed by atoms with van der Waals surface area (Å²) in [6, 6.07) is 19.9. The number of carbonyl (C=O) groups is 1. The third kappa shape index (κ3) is 5.54. The highest BCUT2D eigenvalue weighted by Crippen LogP contribution is 2.18. The molecule has 1 aliphatic heterocycles. The summed E-state index contributed by atoms with van der Waals surface area (Å²) in [5.74, 6) is 1.42. The van der Waals surface area contributed by atoms with Crippen LogP contribution >= 0.6 is 0 Å². The molecule has 30 heavy (non-hydrogen) atoms.